The molecule has 0 aromatic heterocycles. The van der Waals surface area contributed by atoms with E-state index in [1.165, 1.54) is 0 Å². The van der Waals surface area contributed by atoms with Crippen LogP contribution in [0.15, 0.2) is 54.6 Å². The first-order chi connectivity index (χ1) is 16.3. The van der Waals surface area contributed by atoms with E-state index in [4.69, 9.17) is 4.74 Å². The minimum atomic E-state index is -4.47. The van der Waals surface area contributed by atoms with Crippen molar-refractivity contribution in [3.63, 3.8) is 0 Å². The quantitative estimate of drug-likeness (QED) is 0.511. The van der Waals surface area contributed by atoms with E-state index in [0.717, 1.165) is 43.0 Å². The number of carbonyl (C=O) groups is 1. The first kappa shape index (κ1) is 30.1. The predicted molar refractivity (Wildman–Crippen MR) is 134 cm³/mol. The van der Waals surface area contributed by atoms with Crippen LogP contribution in [0, 0.1) is 0 Å². The lowest BCUT2D eigenvalue weighted by Crippen LogP contribution is -2.57. The SMILES string of the molecule is Cl.Cl.O=C(NC[C@H]1O[C@@H](CO)[C@@H](O)[C@H]1N1CCN(c2ccccc2)CC1)c1ccc(C(F)(F)F)cc1. The zero-order valence-electron chi connectivity index (χ0n) is 19.3. The fraction of sp³-hybridized carbons (Fsp3) is 0.458. The third-order valence-corrected chi connectivity index (χ3v) is 6.44. The minimum Gasteiger partial charge on any atom is -0.394 e. The molecule has 0 unspecified atom stereocenters. The number of hydrogen-bond donors (Lipinski definition) is 3. The average molecular weight is 552 g/mol. The molecule has 3 N–H and O–H groups in total. The molecule has 0 bridgehead atoms. The summed E-state index contributed by atoms with van der Waals surface area (Å²) < 4.78 is 44.1. The Morgan fingerprint density at radius 1 is 0.972 bits per heavy atom. The number of aliphatic hydroxyl groups is 2. The summed E-state index contributed by atoms with van der Waals surface area (Å²) in [6, 6.07) is 13.6. The number of carbonyl (C=O) groups excluding carboxylic acids is 1. The molecule has 0 saturated carbocycles. The number of nitrogens with one attached hydrogen (secondary N) is 1. The van der Waals surface area contributed by atoms with Crippen LogP contribution in [0.2, 0.25) is 0 Å². The van der Waals surface area contributed by atoms with Gasteiger partial charge in [0.15, 0.2) is 0 Å². The summed E-state index contributed by atoms with van der Waals surface area (Å²) in [6.45, 7) is 2.54. The van der Waals surface area contributed by atoms with Gasteiger partial charge >= 0.3 is 6.18 Å². The van der Waals surface area contributed by atoms with Crippen molar-refractivity contribution >= 4 is 36.4 Å². The van der Waals surface area contributed by atoms with E-state index in [1.807, 2.05) is 30.3 Å². The van der Waals surface area contributed by atoms with Crippen LogP contribution in [0.4, 0.5) is 18.9 Å². The number of rotatable bonds is 6. The van der Waals surface area contributed by atoms with Gasteiger partial charge in [-0.05, 0) is 36.4 Å². The number of anilines is 1. The van der Waals surface area contributed by atoms with Crippen molar-refractivity contribution < 1.29 is 32.9 Å². The molecule has 0 radical (unpaired) electrons. The van der Waals surface area contributed by atoms with Crippen molar-refractivity contribution in [2.24, 2.45) is 0 Å². The lowest BCUT2D eigenvalue weighted by molar-refractivity contribution is -0.137. The zero-order valence-corrected chi connectivity index (χ0v) is 20.9. The molecule has 0 spiro atoms. The van der Waals surface area contributed by atoms with Crippen LogP contribution >= 0.6 is 24.8 Å². The van der Waals surface area contributed by atoms with Crippen molar-refractivity contribution in [2.45, 2.75) is 30.5 Å². The number of benzene rings is 2. The minimum absolute atomic E-state index is 0. The second-order valence-corrected chi connectivity index (χ2v) is 8.52. The number of amides is 1. The maximum absolute atomic E-state index is 12.8. The van der Waals surface area contributed by atoms with Gasteiger partial charge in [-0.15, -0.1) is 24.8 Å². The third kappa shape index (κ3) is 6.81. The molecule has 200 valence electrons. The largest absolute Gasteiger partial charge is 0.416 e. The Balaban J connectivity index is 0.00000228. The van der Waals surface area contributed by atoms with Crippen molar-refractivity contribution in [1.82, 2.24) is 10.2 Å². The van der Waals surface area contributed by atoms with Gasteiger partial charge in [0.05, 0.1) is 24.3 Å². The van der Waals surface area contributed by atoms with Gasteiger partial charge in [0.2, 0.25) is 0 Å². The Labute approximate surface area is 220 Å². The van der Waals surface area contributed by atoms with Gasteiger partial charge < -0.3 is 25.2 Å². The molecule has 7 nitrogen and oxygen atoms in total. The molecular formula is C24H30Cl2F3N3O4. The molecule has 2 aromatic carbocycles. The summed E-state index contributed by atoms with van der Waals surface area (Å²) >= 11 is 0. The highest BCUT2D eigenvalue weighted by Crippen LogP contribution is 2.30. The maximum atomic E-state index is 12.8. The molecule has 1 amide bonds. The van der Waals surface area contributed by atoms with E-state index in [-0.39, 0.29) is 43.5 Å². The lowest BCUT2D eigenvalue weighted by atomic mass is 10.0. The van der Waals surface area contributed by atoms with Crippen molar-refractivity contribution in [1.29, 1.82) is 0 Å². The number of nitrogens with zero attached hydrogens (tertiary/aromatic N) is 2. The van der Waals surface area contributed by atoms with E-state index in [1.54, 1.807) is 0 Å². The first-order valence-electron chi connectivity index (χ1n) is 11.2. The highest BCUT2D eigenvalue weighted by atomic mass is 35.5. The van der Waals surface area contributed by atoms with Crippen LogP contribution < -0.4 is 10.2 Å². The highest BCUT2D eigenvalue weighted by molar-refractivity contribution is 5.94. The predicted octanol–water partition coefficient (Wildman–Crippen LogP) is 2.59. The van der Waals surface area contributed by atoms with Gasteiger partial charge in [-0.25, -0.2) is 0 Å². The van der Waals surface area contributed by atoms with Gasteiger partial charge in [0.25, 0.3) is 5.91 Å². The number of alkyl halides is 3. The number of piperazine rings is 1. The monoisotopic (exact) mass is 551 g/mol. The number of ether oxygens (including phenoxy) is 1. The van der Waals surface area contributed by atoms with Gasteiger partial charge in [0.1, 0.15) is 12.2 Å². The lowest BCUT2D eigenvalue weighted by Gasteiger charge is -2.41. The second-order valence-electron chi connectivity index (χ2n) is 8.52. The summed E-state index contributed by atoms with van der Waals surface area (Å²) in [4.78, 5) is 16.9. The van der Waals surface area contributed by atoms with Crippen LogP contribution in [-0.4, -0.2) is 84.7 Å². The number of para-hydroxylation sites is 1. The average Bonchev–Trinajstić information content (AvgIpc) is 3.17. The van der Waals surface area contributed by atoms with Crippen LogP contribution in [0.1, 0.15) is 15.9 Å². The van der Waals surface area contributed by atoms with Crippen LogP contribution in [0.25, 0.3) is 0 Å². The Morgan fingerprint density at radius 2 is 1.58 bits per heavy atom. The molecule has 2 fully saturated rings. The van der Waals surface area contributed by atoms with Crippen LogP contribution in [0.5, 0.6) is 0 Å². The summed E-state index contributed by atoms with van der Waals surface area (Å²) in [6.07, 6.45) is -6.75. The maximum Gasteiger partial charge on any atom is 0.416 e. The van der Waals surface area contributed by atoms with E-state index < -0.39 is 42.0 Å². The van der Waals surface area contributed by atoms with E-state index >= 15 is 0 Å². The third-order valence-electron chi connectivity index (χ3n) is 6.44. The summed E-state index contributed by atoms with van der Waals surface area (Å²) in [5.74, 6) is -0.535. The van der Waals surface area contributed by atoms with Gasteiger partial charge in [-0.1, -0.05) is 18.2 Å². The Kier molecular flexibility index (Phi) is 10.8. The highest BCUT2D eigenvalue weighted by Gasteiger charge is 2.46. The number of hydrogen-bond acceptors (Lipinski definition) is 6. The summed E-state index contributed by atoms with van der Waals surface area (Å²) in [5, 5.41) is 23.1. The van der Waals surface area contributed by atoms with Gasteiger partial charge in [-0.2, -0.15) is 13.2 Å². The van der Waals surface area contributed by atoms with Gasteiger partial charge in [0, 0.05) is 44.0 Å². The van der Waals surface area contributed by atoms with Crippen molar-refractivity contribution in [2.75, 3.05) is 44.2 Å². The fourth-order valence-corrected chi connectivity index (χ4v) is 4.62. The summed E-state index contributed by atoms with van der Waals surface area (Å²) in [7, 11) is 0. The number of halogens is 5. The zero-order chi connectivity index (χ0) is 24.3. The van der Waals surface area contributed by atoms with Crippen LogP contribution in [0.3, 0.4) is 0 Å². The molecule has 12 heteroatoms. The van der Waals surface area contributed by atoms with Crippen molar-refractivity contribution in [3.05, 3.63) is 65.7 Å². The summed E-state index contributed by atoms with van der Waals surface area (Å²) in [5.41, 5.74) is 0.393. The fourth-order valence-electron chi connectivity index (χ4n) is 4.62. The molecule has 0 aliphatic carbocycles. The molecule has 2 aliphatic heterocycles. The van der Waals surface area contributed by atoms with E-state index in [9.17, 15) is 28.2 Å². The molecule has 2 aromatic rings. The smallest absolute Gasteiger partial charge is 0.394 e. The van der Waals surface area contributed by atoms with E-state index in [2.05, 4.69) is 15.1 Å². The molecule has 2 saturated heterocycles. The second kappa shape index (κ2) is 12.9. The van der Waals surface area contributed by atoms with Gasteiger partial charge in [-0.3, -0.25) is 9.69 Å². The molecule has 4 rings (SSSR count). The molecular weight excluding hydrogens is 522 g/mol. The Morgan fingerprint density at radius 3 is 2.14 bits per heavy atom. The van der Waals surface area contributed by atoms with Crippen LogP contribution in [-0.2, 0) is 10.9 Å². The number of aliphatic hydroxyl groups excluding tert-OH is 2. The molecule has 2 heterocycles. The normalized spacial score (nSPS) is 24.5. The standard InChI is InChI=1S/C24H28F3N3O4.2ClH/c25-24(26,27)17-8-6-16(7-9-17)23(33)28-14-19-21(22(32)20(15-31)34-19)30-12-10-29(11-13-30)18-4-2-1-3-5-18;;/h1-9,19-22,31-32H,10-15H2,(H,28,33);2*1H/t19-,20+,21+,22-;;/m1../s1. The first-order valence-corrected chi connectivity index (χ1v) is 11.2. The van der Waals surface area contributed by atoms with E-state index in [0.29, 0.717) is 13.1 Å². The topological polar surface area (TPSA) is 85.3 Å². The molecule has 4 atom stereocenters. The Hall–Kier alpha value is -2.08. The van der Waals surface area contributed by atoms with Crippen molar-refractivity contribution in [3.8, 4) is 0 Å². The Bertz CT molecular complexity index is 961. The molecule has 36 heavy (non-hydrogen) atoms. The molecule has 2 aliphatic rings.